The number of furan rings is 1. The van der Waals surface area contributed by atoms with Gasteiger partial charge in [0.05, 0.1) is 12.8 Å². The predicted octanol–water partition coefficient (Wildman–Crippen LogP) is 3.02. The molecule has 0 spiro atoms. The maximum absolute atomic E-state index is 11.9. The molecule has 0 aliphatic heterocycles. The van der Waals surface area contributed by atoms with E-state index in [-0.39, 0.29) is 5.91 Å². The maximum atomic E-state index is 11.9. The molecule has 0 fully saturated rings. The molecular weight excluding hydrogens is 328 g/mol. The quantitative estimate of drug-likeness (QED) is 0.408. The highest BCUT2D eigenvalue weighted by molar-refractivity contribution is 6.30. The first kappa shape index (κ1) is 17.9. The van der Waals surface area contributed by atoms with Crippen LogP contribution in [0, 0.1) is 0 Å². The Morgan fingerprint density at radius 2 is 2.00 bits per heavy atom. The molecule has 0 bridgehead atoms. The highest BCUT2D eigenvalue weighted by Crippen LogP contribution is 2.13. The van der Waals surface area contributed by atoms with Crippen molar-refractivity contribution in [2.45, 2.75) is 19.4 Å². The summed E-state index contributed by atoms with van der Waals surface area (Å²) in [5.74, 6) is 1.47. The molecular formula is C17H21ClN4O2. The molecule has 7 heteroatoms. The zero-order chi connectivity index (χ0) is 17.2. The van der Waals surface area contributed by atoms with Gasteiger partial charge in [-0.3, -0.25) is 9.79 Å². The van der Waals surface area contributed by atoms with Gasteiger partial charge in [-0.25, -0.2) is 0 Å². The fourth-order valence-corrected chi connectivity index (χ4v) is 2.14. The molecule has 1 amide bonds. The summed E-state index contributed by atoms with van der Waals surface area (Å²) in [4.78, 5) is 16.0. The van der Waals surface area contributed by atoms with Gasteiger partial charge in [-0.15, -0.1) is 0 Å². The van der Waals surface area contributed by atoms with Crippen LogP contribution in [0.25, 0.3) is 0 Å². The molecule has 0 radical (unpaired) electrons. The van der Waals surface area contributed by atoms with E-state index < -0.39 is 0 Å². The number of hydrogen-bond donors (Lipinski definition) is 3. The maximum Gasteiger partial charge on any atom is 0.224 e. The van der Waals surface area contributed by atoms with Crippen LogP contribution in [0.3, 0.4) is 0 Å². The zero-order valence-corrected chi connectivity index (χ0v) is 14.3. The lowest BCUT2D eigenvalue weighted by molar-refractivity contribution is -0.116. The molecule has 0 saturated heterocycles. The van der Waals surface area contributed by atoms with Gasteiger partial charge in [-0.1, -0.05) is 11.6 Å². The van der Waals surface area contributed by atoms with Gasteiger partial charge in [0.1, 0.15) is 5.76 Å². The van der Waals surface area contributed by atoms with Gasteiger partial charge in [-0.2, -0.15) is 0 Å². The molecule has 0 aliphatic carbocycles. The van der Waals surface area contributed by atoms with Gasteiger partial charge >= 0.3 is 0 Å². The number of aliphatic imine (C=N–C) groups is 1. The standard InChI is InChI=1S/C17H21ClN4O2/c1-19-17(21-12-15-4-3-11-24-15)20-10-2-5-16(23)22-14-8-6-13(18)7-9-14/h3-4,6-9,11H,2,5,10,12H2,1H3,(H,22,23)(H2,19,20,21). The summed E-state index contributed by atoms with van der Waals surface area (Å²) < 4.78 is 5.24. The van der Waals surface area contributed by atoms with E-state index in [1.54, 1.807) is 37.6 Å². The number of carbonyl (C=O) groups excluding carboxylic acids is 1. The lowest BCUT2D eigenvalue weighted by Crippen LogP contribution is -2.37. The molecule has 0 aliphatic rings. The van der Waals surface area contributed by atoms with Gasteiger partial charge in [0.25, 0.3) is 0 Å². The molecule has 1 heterocycles. The van der Waals surface area contributed by atoms with E-state index in [1.165, 1.54) is 0 Å². The van der Waals surface area contributed by atoms with Crippen molar-refractivity contribution in [3.05, 3.63) is 53.4 Å². The van der Waals surface area contributed by atoms with E-state index in [2.05, 4.69) is 20.9 Å². The van der Waals surface area contributed by atoms with Crippen molar-refractivity contribution >= 4 is 29.2 Å². The Morgan fingerprint density at radius 3 is 2.67 bits per heavy atom. The molecule has 0 atom stereocenters. The highest BCUT2D eigenvalue weighted by atomic mass is 35.5. The summed E-state index contributed by atoms with van der Waals surface area (Å²) in [5, 5.41) is 9.77. The van der Waals surface area contributed by atoms with Crippen LogP contribution < -0.4 is 16.0 Å². The largest absolute Gasteiger partial charge is 0.467 e. The summed E-state index contributed by atoms with van der Waals surface area (Å²) in [6.45, 7) is 1.20. The summed E-state index contributed by atoms with van der Waals surface area (Å²) >= 11 is 5.81. The average Bonchev–Trinajstić information content (AvgIpc) is 3.10. The summed E-state index contributed by atoms with van der Waals surface area (Å²) in [6.07, 6.45) is 2.75. The van der Waals surface area contributed by atoms with Crippen LogP contribution >= 0.6 is 11.6 Å². The van der Waals surface area contributed by atoms with Crippen molar-refractivity contribution in [1.29, 1.82) is 0 Å². The molecule has 1 aromatic carbocycles. The molecule has 2 aromatic rings. The van der Waals surface area contributed by atoms with Crippen molar-refractivity contribution < 1.29 is 9.21 Å². The Balaban J connectivity index is 1.62. The van der Waals surface area contributed by atoms with Gasteiger partial charge in [-0.05, 0) is 42.8 Å². The zero-order valence-electron chi connectivity index (χ0n) is 13.5. The third-order valence-electron chi connectivity index (χ3n) is 3.23. The van der Waals surface area contributed by atoms with Gasteiger partial charge in [0.2, 0.25) is 5.91 Å². The van der Waals surface area contributed by atoms with Crippen molar-refractivity contribution in [2.24, 2.45) is 4.99 Å². The molecule has 128 valence electrons. The molecule has 3 N–H and O–H groups in total. The minimum Gasteiger partial charge on any atom is -0.467 e. The van der Waals surface area contributed by atoms with Gasteiger partial charge < -0.3 is 20.4 Å². The lowest BCUT2D eigenvalue weighted by Gasteiger charge is -2.11. The third-order valence-corrected chi connectivity index (χ3v) is 3.49. The van der Waals surface area contributed by atoms with Crippen LogP contribution in [0.15, 0.2) is 52.1 Å². The lowest BCUT2D eigenvalue weighted by atomic mass is 10.2. The van der Waals surface area contributed by atoms with Crippen LogP contribution in [0.1, 0.15) is 18.6 Å². The minimum absolute atomic E-state index is 0.0299. The smallest absolute Gasteiger partial charge is 0.224 e. The first-order valence-electron chi connectivity index (χ1n) is 7.69. The van der Waals surface area contributed by atoms with Crippen LogP contribution in [-0.4, -0.2) is 25.5 Å². The SMILES string of the molecule is CN=C(NCCCC(=O)Nc1ccc(Cl)cc1)NCc1ccco1. The van der Waals surface area contributed by atoms with E-state index >= 15 is 0 Å². The predicted molar refractivity (Wildman–Crippen MR) is 96.2 cm³/mol. The second kappa shape index (κ2) is 9.62. The Hall–Kier alpha value is -2.47. The van der Waals surface area contributed by atoms with Crippen LogP contribution in [-0.2, 0) is 11.3 Å². The monoisotopic (exact) mass is 348 g/mol. The number of benzene rings is 1. The molecule has 24 heavy (non-hydrogen) atoms. The Kier molecular flexibility index (Phi) is 7.17. The first-order valence-corrected chi connectivity index (χ1v) is 8.07. The minimum atomic E-state index is -0.0299. The number of nitrogens with zero attached hydrogens (tertiary/aromatic N) is 1. The van der Waals surface area contributed by atoms with Crippen LogP contribution in [0.4, 0.5) is 5.69 Å². The number of anilines is 1. The van der Waals surface area contributed by atoms with Crippen molar-refractivity contribution in [3.63, 3.8) is 0 Å². The van der Waals surface area contributed by atoms with E-state index in [4.69, 9.17) is 16.0 Å². The second-order valence-electron chi connectivity index (χ2n) is 5.09. The average molecular weight is 349 g/mol. The van der Waals surface area contributed by atoms with E-state index in [1.807, 2.05) is 12.1 Å². The first-order chi connectivity index (χ1) is 11.7. The number of guanidine groups is 1. The third kappa shape index (κ3) is 6.34. The molecule has 0 unspecified atom stereocenters. The Labute approximate surface area is 146 Å². The molecule has 2 rings (SSSR count). The number of carbonyl (C=O) groups is 1. The number of hydrogen-bond acceptors (Lipinski definition) is 3. The number of amides is 1. The topological polar surface area (TPSA) is 78.7 Å². The van der Waals surface area contributed by atoms with E-state index in [0.717, 1.165) is 11.4 Å². The summed E-state index contributed by atoms with van der Waals surface area (Å²) in [7, 11) is 1.70. The highest BCUT2D eigenvalue weighted by Gasteiger charge is 2.03. The Morgan fingerprint density at radius 1 is 1.21 bits per heavy atom. The molecule has 1 aromatic heterocycles. The van der Waals surface area contributed by atoms with Crippen molar-refractivity contribution in [2.75, 3.05) is 18.9 Å². The fourth-order valence-electron chi connectivity index (χ4n) is 2.02. The fraction of sp³-hybridized carbons (Fsp3) is 0.294. The Bertz CT molecular complexity index is 654. The van der Waals surface area contributed by atoms with Crippen LogP contribution in [0.5, 0.6) is 0 Å². The van der Waals surface area contributed by atoms with Gasteiger partial charge in [0.15, 0.2) is 5.96 Å². The summed E-state index contributed by atoms with van der Waals surface area (Å²) in [5.41, 5.74) is 0.744. The number of halogens is 1. The molecule has 6 nitrogen and oxygen atoms in total. The molecule has 0 saturated carbocycles. The van der Waals surface area contributed by atoms with E-state index in [9.17, 15) is 4.79 Å². The summed E-state index contributed by atoms with van der Waals surface area (Å²) in [6, 6.07) is 10.8. The number of nitrogens with one attached hydrogen (secondary N) is 3. The van der Waals surface area contributed by atoms with Gasteiger partial charge in [0, 0.05) is 30.7 Å². The van der Waals surface area contributed by atoms with Crippen molar-refractivity contribution in [3.8, 4) is 0 Å². The normalized spacial score (nSPS) is 11.2. The van der Waals surface area contributed by atoms with E-state index in [0.29, 0.717) is 36.9 Å². The second-order valence-corrected chi connectivity index (χ2v) is 5.53. The number of rotatable bonds is 7. The van der Waals surface area contributed by atoms with Crippen molar-refractivity contribution in [1.82, 2.24) is 10.6 Å². The van der Waals surface area contributed by atoms with Crippen LogP contribution in [0.2, 0.25) is 5.02 Å².